The van der Waals surface area contributed by atoms with Crippen LogP contribution in [0.3, 0.4) is 0 Å². The van der Waals surface area contributed by atoms with Gasteiger partial charge in [0.2, 0.25) is 11.8 Å². The Labute approximate surface area is 197 Å². The van der Waals surface area contributed by atoms with Crippen molar-refractivity contribution in [1.29, 1.82) is 0 Å². The lowest BCUT2D eigenvalue weighted by atomic mass is 10.1. The minimum atomic E-state index is -4.14. The summed E-state index contributed by atoms with van der Waals surface area (Å²) in [7, 11) is -4.14. The van der Waals surface area contributed by atoms with Gasteiger partial charge in [0.15, 0.2) is 11.2 Å². The first-order valence-corrected chi connectivity index (χ1v) is 12.8. The Bertz CT molecular complexity index is 1050. The van der Waals surface area contributed by atoms with Crippen molar-refractivity contribution in [3.8, 4) is 5.88 Å². The van der Waals surface area contributed by atoms with Crippen LogP contribution in [-0.4, -0.2) is 62.3 Å². The molecule has 0 aromatic carbocycles. The lowest BCUT2D eigenvalue weighted by molar-refractivity contribution is -0.147. The highest BCUT2D eigenvalue weighted by molar-refractivity contribution is 7.50. The van der Waals surface area contributed by atoms with Crippen molar-refractivity contribution in [3.63, 3.8) is 0 Å². The maximum atomic E-state index is 12.4. The van der Waals surface area contributed by atoms with E-state index in [-0.39, 0.29) is 37.0 Å². The maximum absolute atomic E-state index is 12.4. The topological polar surface area (TPSA) is 173 Å². The lowest BCUT2D eigenvalue weighted by Crippen LogP contribution is -2.31. The van der Waals surface area contributed by atoms with E-state index in [9.17, 15) is 14.3 Å². The summed E-state index contributed by atoms with van der Waals surface area (Å²) in [5.74, 6) is -0.258. The zero-order valence-corrected chi connectivity index (χ0v) is 20.9. The Morgan fingerprint density at radius 2 is 2.15 bits per heavy atom. The molecule has 3 heterocycles. The third-order valence-corrected chi connectivity index (χ3v) is 6.45. The van der Waals surface area contributed by atoms with Gasteiger partial charge in [-0.05, 0) is 20.3 Å². The molecule has 0 aliphatic carbocycles. The van der Waals surface area contributed by atoms with Crippen LogP contribution in [0.4, 0.5) is 5.95 Å². The van der Waals surface area contributed by atoms with Crippen molar-refractivity contribution in [2.24, 2.45) is 11.8 Å². The first-order chi connectivity index (χ1) is 16.0. The fraction of sp³-hybridized carbons (Fsp3) is 0.700. The molecule has 0 radical (unpaired) electrons. The Hall–Kier alpha value is -2.31. The van der Waals surface area contributed by atoms with E-state index in [1.165, 1.54) is 0 Å². The minimum Gasteiger partial charge on any atom is -0.476 e. The Kier molecular flexibility index (Phi) is 8.47. The molecule has 2 aromatic heterocycles. The van der Waals surface area contributed by atoms with Crippen LogP contribution in [0.15, 0.2) is 6.33 Å². The highest BCUT2D eigenvalue weighted by atomic mass is 31.2. The predicted molar refractivity (Wildman–Crippen MR) is 123 cm³/mol. The molecular formula is C20H33N6O7P. The molecule has 34 heavy (non-hydrogen) atoms. The van der Waals surface area contributed by atoms with Crippen molar-refractivity contribution in [2.75, 3.05) is 25.6 Å². The van der Waals surface area contributed by atoms with Gasteiger partial charge >= 0.3 is 13.7 Å². The summed E-state index contributed by atoms with van der Waals surface area (Å²) in [6.07, 6.45) is 1.32. The van der Waals surface area contributed by atoms with Crippen LogP contribution in [0.2, 0.25) is 0 Å². The monoisotopic (exact) mass is 500 g/mol. The molecule has 2 unspecified atom stereocenters. The van der Waals surface area contributed by atoms with Crippen LogP contribution in [0.25, 0.3) is 11.2 Å². The van der Waals surface area contributed by atoms with Crippen LogP contribution in [0.5, 0.6) is 5.88 Å². The highest BCUT2D eigenvalue weighted by Crippen LogP contribution is 2.41. The molecule has 1 fully saturated rings. The summed E-state index contributed by atoms with van der Waals surface area (Å²) in [5, 5.41) is 2.47. The number of carbonyl (C=O) groups excluding carboxylic acids is 1. The fourth-order valence-electron chi connectivity index (χ4n) is 3.61. The third-order valence-electron chi connectivity index (χ3n) is 5.18. The number of esters is 1. The Balaban J connectivity index is 1.59. The molecule has 190 valence electrons. The average Bonchev–Trinajstić information content (AvgIpc) is 3.33. The van der Waals surface area contributed by atoms with Gasteiger partial charge in [0.25, 0.3) is 0 Å². The number of nitrogens with one attached hydrogen (secondary N) is 1. The molecule has 1 saturated heterocycles. The van der Waals surface area contributed by atoms with E-state index in [1.54, 1.807) is 31.7 Å². The zero-order valence-electron chi connectivity index (χ0n) is 20.0. The van der Waals surface area contributed by atoms with E-state index in [1.807, 2.05) is 13.8 Å². The van der Waals surface area contributed by atoms with E-state index >= 15 is 0 Å². The Morgan fingerprint density at radius 1 is 1.41 bits per heavy atom. The number of rotatable bonds is 11. The molecule has 4 N–H and O–H groups in total. The summed E-state index contributed by atoms with van der Waals surface area (Å²) >= 11 is 0. The van der Waals surface area contributed by atoms with Crippen LogP contribution in [0.1, 0.15) is 47.3 Å². The summed E-state index contributed by atoms with van der Waals surface area (Å²) in [4.78, 5) is 34.5. The second-order valence-corrected chi connectivity index (χ2v) is 10.2. The van der Waals surface area contributed by atoms with Crippen molar-refractivity contribution in [1.82, 2.24) is 24.6 Å². The molecule has 1 aliphatic heterocycles. The number of aromatic nitrogens is 4. The van der Waals surface area contributed by atoms with Gasteiger partial charge < -0.3 is 24.8 Å². The van der Waals surface area contributed by atoms with Gasteiger partial charge in [-0.1, -0.05) is 20.8 Å². The molecule has 0 spiro atoms. The van der Waals surface area contributed by atoms with Crippen LogP contribution in [-0.2, 0) is 23.4 Å². The molecule has 1 aliphatic rings. The number of fused-ring (bicyclic) bond motifs is 1. The second kappa shape index (κ2) is 11.0. The minimum absolute atomic E-state index is 0.0399. The molecule has 0 amide bonds. The molecule has 14 heteroatoms. The van der Waals surface area contributed by atoms with Crippen molar-refractivity contribution < 1.29 is 33.0 Å². The van der Waals surface area contributed by atoms with Crippen LogP contribution < -0.4 is 15.6 Å². The van der Waals surface area contributed by atoms with Gasteiger partial charge in [-0.25, -0.2) is 14.6 Å². The summed E-state index contributed by atoms with van der Waals surface area (Å²) < 4.78 is 36.1. The highest BCUT2D eigenvalue weighted by Gasteiger charge is 2.36. The predicted octanol–water partition coefficient (Wildman–Crippen LogP) is 2.03. The quantitative estimate of drug-likeness (QED) is 0.303. The van der Waals surface area contributed by atoms with Gasteiger partial charge in [-0.3, -0.25) is 13.9 Å². The molecule has 2 aromatic rings. The number of nitrogen functional groups attached to an aromatic ring is 1. The van der Waals surface area contributed by atoms with Crippen molar-refractivity contribution >= 4 is 30.8 Å². The van der Waals surface area contributed by atoms with Crippen molar-refractivity contribution in [2.45, 2.75) is 59.4 Å². The first kappa shape index (κ1) is 26.3. The number of anilines is 1. The lowest BCUT2D eigenvalue weighted by Gasteiger charge is -2.21. The summed E-state index contributed by atoms with van der Waals surface area (Å²) in [6.45, 7) is 9.13. The van der Waals surface area contributed by atoms with Gasteiger partial charge in [-0.2, -0.15) is 9.97 Å². The van der Waals surface area contributed by atoms with Gasteiger partial charge in [0, 0.05) is 12.0 Å². The molecule has 13 nitrogen and oxygen atoms in total. The number of nitrogens with two attached hydrogens (primary N) is 1. The summed E-state index contributed by atoms with van der Waals surface area (Å²) in [6, 6.07) is -0.573. The average molecular weight is 500 g/mol. The molecule has 0 saturated carbocycles. The van der Waals surface area contributed by atoms with Crippen LogP contribution >= 0.6 is 7.75 Å². The van der Waals surface area contributed by atoms with E-state index in [4.69, 9.17) is 24.5 Å². The number of nitrogens with zero attached hydrogens (tertiary/aromatic N) is 4. The number of hydrogen-bond acceptors (Lipinski definition) is 10. The van der Waals surface area contributed by atoms with E-state index in [0.717, 1.165) is 0 Å². The molecule has 5 atom stereocenters. The molecular weight excluding hydrogens is 467 g/mol. The van der Waals surface area contributed by atoms with Gasteiger partial charge in [-0.15, -0.1) is 0 Å². The van der Waals surface area contributed by atoms with Crippen molar-refractivity contribution in [3.05, 3.63) is 6.33 Å². The normalized spacial score (nSPS) is 23.2. The smallest absolute Gasteiger partial charge is 0.403 e. The van der Waals surface area contributed by atoms with E-state index in [0.29, 0.717) is 30.1 Å². The standard InChI is InChI=1S/C20H33N6O7P/c1-6-30-17-15-16(23-20(21)24-17)26(10-22-15)18-12(4)7-14(33-18)9-32-34(28,29)25-13(5)8-31-19(27)11(2)3/h10-14,18H,6-9H2,1-5H3,(H2,21,23,24)(H2,25,28,29)/t12-,13-,14?,18+/m0/s1. The number of ether oxygens (including phenoxy) is 3. The first-order valence-electron chi connectivity index (χ1n) is 11.2. The number of carbonyl (C=O) groups is 1. The SMILES string of the molecule is CCOc1nc(N)nc2c1ncn2[C@@H]1OC(COP(=O)(O)N[C@@H](C)COC(=O)C(C)C)C[C@@H]1C. The summed E-state index contributed by atoms with van der Waals surface area (Å²) in [5.41, 5.74) is 6.79. The van der Waals surface area contributed by atoms with E-state index < -0.39 is 26.1 Å². The largest absolute Gasteiger partial charge is 0.476 e. The second-order valence-electron chi connectivity index (χ2n) is 8.64. The van der Waals surface area contributed by atoms with Gasteiger partial charge in [0.05, 0.1) is 31.6 Å². The fourth-order valence-corrected chi connectivity index (χ4v) is 4.68. The zero-order chi connectivity index (χ0) is 25.0. The molecule has 3 rings (SSSR count). The molecule has 0 bridgehead atoms. The third kappa shape index (κ3) is 6.42. The number of hydrogen-bond donors (Lipinski definition) is 3. The maximum Gasteiger partial charge on any atom is 0.403 e. The van der Waals surface area contributed by atoms with E-state index in [2.05, 4.69) is 20.0 Å². The van der Waals surface area contributed by atoms with Crippen LogP contribution in [0, 0.1) is 11.8 Å². The van der Waals surface area contributed by atoms with Gasteiger partial charge in [0.1, 0.15) is 12.8 Å². The number of imidazole rings is 1. The Morgan fingerprint density at radius 3 is 2.82 bits per heavy atom.